The highest BCUT2D eigenvalue weighted by atomic mass is 79.9. The molecule has 0 amide bonds. The molecule has 1 aromatic heterocycles. The lowest BCUT2D eigenvalue weighted by Gasteiger charge is -1.95. The van der Waals surface area contributed by atoms with Crippen molar-refractivity contribution in [3.63, 3.8) is 0 Å². The number of carbonyl (C=O) groups is 1. The van der Waals surface area contributed by atoms with Crippen molar-refractivity contribution in [1.82, 2.24) is 0 Å². The summed E-state index contributed by atoms with van der Waals surface area (Å²) in [6.45, 7) is 0. The van der Waals surface area contributed by atoms with E-state index in [0.29, 0.717) is 20.5 Å². The van der Waals surface area contributed by atoms with Gasteiger partial charge < -0.3 is 9.52 Å². The second-order valence-corrected chi connectivity index (χ2v) is 3.92. The highest BCUT2D eigenvalue weighted by molar-refractivity contribution is 9.10. The van der Waals surface area contributed by atoms with Gasteiger partial charge in [0.2, 0.25) is 0 Å². The van der Waals surface area contributed by atoms with Crippen molar-refractivity contribution in [2.45, 2.75) is 0 Å². The SMILES string of the molecule is O=C(O)c1coc2c(Cl)c(Br)ccc12. The van der Waals surface area contributed by atoms with Crippen LogP contribution < -0.4 is 0 Å². The van der Waals surface area contributed by atoms with E-state index in [4.69, 9.17) is 21.1 Å². The van der Waals surface area contributed by atoms with Crippen LogP contribution in [0.1, 0.15) is 10.4 Å². The minimum Gasteiger partial charge on any atom is -0.478 e. The number of fused-ring (bicyclic) bond motifs is 1. The first-order valence-corrected chi connectivity index (χ1v) is 4.87. The van der Waals surface area contributed by atoms with Crippen LogP contribution in [0, 0.1) is 0 Å². The van der Waals surface area contributed by atoms with Gasteiger partial charge in [0.15, 0.2) is 5.58 Å². The number of benzene rings is 1. The molecule has 0 bridgehead atoms. The Bertz CT molecular complexity index is 518. The number of carboxylic acid groups (broad SMARTS) is 1. The van der Waals surface area contributed by atoms with Crippen LogP contribution in [-0.4, -0.2) is 11.1 Å². The van der Waals surface area contributed by atoms with Gasteiger partial charge >= 0.3 is 5.97 Å². The molecule has 2 rings (SSSR count). The molecule has 0 unspecified atom stereocenters. The third kappa shape index (κ3) is 1.31. The molecule has 0 fully saturated rings. The largest absolute Gasteiger partial charge is 0.478 e. The fourth-order valence-electron chi connectivity index (χ4n) is 1.21. The lowest BCUT2D eigenvalue weighted by atomic mass is 10.2. The maximum atomic E-state index is 10.8. The first-order valence-electron chi connectivity index (χ1n) is 3.69. The third-order valence-corrected chi connectivity index (χ3v) is 3.13. The number of carboxylic acids is 1. The second kappa shape index (κ2) is 3.29. The van der Waals surface area contributed by atoms with E-state index >= 15 is 0 Å². The molecule has 72 valence electrons. The molecule has 1 N–H and O–H groups in total. The molecule has 3 nitrogen and oxygen atoms in total. The van der Waals surface area contributed by atoms with Gasteiger partial charge in [-0.3, -0.25) is 0 Å². The van der Waals surface area contributed by atoms with E-state index in [0.717, 1.165) is 0 Å². The Morgan fingerprint density at radius 2 is 2.21 bits per heavy atom. The molecular formula is C9H4BrClO3. The summed E-state index contributed by atoms with van der Waals surface area (Å²) < 4.78 is 5.76. The highest BCUT2D eigenvalue weighted by Gasteiger charge is 2.15. The van der Waals surface area contributed by atoms with Crippen LogP contribution in [-0.2, 0) is 0 Å². The molecule has 0 aliphatic rings. The zero-order valence-electron chi connectivity index (χ0n) is 6.75. The van der Waals surface area contributed by atoms with Gasteiger partial charge in [0.1, 0.15) is 11.8 Å². The normalized spacial score (nSPS) is 10.7. The molecule has 14 heavy (non-hydrogen) atoms. The summed E-state index contributed by atoms with van der Waals surface area (Å²) in [5.74, 6) is -1.03. The lowest BCUT2D eigenvalue weighted by Crippen LogP contribution is -1.93. The van der Waals surface area contributed by atoms with Crippen LogP contribution in [0.5, 0.6) is 0 Å². The Morgan fingerprint density at radius 1 is 1.50 bits per heavy atom. The third-order valence-electron chi connectivity index (χ3n) is 1.87. The molecule has 0 radical (unpaired) electrons. The molecule has 1 aromatic carbocycles. The molecule has 5 heteroatoms. The molecule has 0 atom stereocenters. The zero-order valence-corrected chi connectivity index (χ0v) is 9.09. The van der Waals surface area contributed by atoms with Crippen molar-refractivity contribution in [2.75, 3.05) is 0 Å². The Hall–Kier alpha value is -1.000. The minimum absolute atomic E-state index is 0.120. The molecular weight excluding hydrogens is 271 g/mol. The van der Waals surface area contributed by atoms with Crippen molar-refractivity contribution in [3.05, 3.63) is 33.5 Å². The number of aromatic carboxylic acids is 1. The van der Waals surface area contributed by atoms with Crippen LogP contribution in [0.4, 0.5) is 0 Å². The van der Waals surface area contributed by atoms with E-state index in [-0.39, 0.29) is 5.56 Å². The van der Waals surface area contributed by atoms with Gasteiger partial charge in [0.05, 0.1) is 5.02 Å². The van der Waals surface area contributed by atoms with Gasteiger partial charge in [-0.25, -0.2) is 4.79 Å². The monoisotopic (exact) mass is 274 g/mol. The fourth-order valence-corrected chi connectivity index (χ4v) is 1.73. The van der Waals surface area contributed by atoms with Crippen molar-refractivity contribution in [3.8, 4) is 0 Å². The number of furan rings is 1. The Morgan fingerprint density at radius 3 is 2.86 bits per heavy atom. The Kier molecular flexibility index (Phi) is 2.25. The smallest absolute Gasteiger partial charge is 0.339 e. The summed E-state index contributed by atoms with van der Waals surface area (Å²) in [6, 6.07) is 3.34. The molecule has 0 spiro atoms. The quantitative estimate of drug-likeness (QED) is 0.866. The predicted molar refractivity (Wildman–Crippen MR) is 55.9 cm³/mol. The van der Waals surface area contributed by atoms with Gasteiger partial charge in [-0.1, -0.05) is 11.6 Å². The van der Waals surface area contributed by atoms with Crippen LogP contribution in [0.3, 0.4) is 0 Å². The van der Waals surface area contributed by atoms with Crippen molar-refractivity contribution in [1.29, 1.82) is 0 Å². The van der Waals surface area contributed by atoms with Gasteiger partial charge in [-0.15, -0.1) is 0 Å². The summed E-state index contributed by atoms with van der Waals surface area (Å²) >= 11 is 9.13. The standard InChI is InChI=1S/C9H4BrClO3/c10-6-2-1-4-5(9(12)13)3-14-8(4)7(6)11/h1-3H,(H,12,13). The Balaban J connectivity index is 2.83. The lowest BCUT2D eigenvalue weighted by molar-refractivity contribution is 0.0698. The average Bonchev–Trinajstić information content (AvgIpc) is 2.55. The topological polar surface area (TPSA) is 50.4 Å². The van der Waals surface area contributed by atoms with Crippen molar-refractivity contribution < 1.29 is 14.3 Å². The van der Waals surface area contributed by atoms with Crippen LogP contribution >= 0.6 is 27.5 Å². The van der Waals surface area contributed by atoms with E-state index in [1.807, 2.05) is 0 Å². The number of rotatable bonds is 1. The first kappa shape index (κ1) is 9.55. The molecule has 2 aromatic rings. The number of hydrogen-bond acceptors (Lipinski definition) is 2. The number of halogens is 2. The predicted octanol–water partition coefficient (Wildman–Crippen LogP) is 3.55. The van der Waals surface area contributed by atoms with Gasteiger partial charge in [0.25, 0.3) is 0 Å². The van der Waals surface area contributed by atoms with Gasteiger partial charge in [-0.05, 0) is 28.1 Å². The second-order valence-electron chi connectivity index (χ2n) is 2.69. The molecule has 0 saturated heterocycles. The van der Waals surface area contributed by atoms with E-state index < -0.39 is 5.97 Å². The fraction of sp³-hybridized carbons (Fsp3) is 0. The van der Waals surface area contributed by atoms with Crippen LogP contribution in [0.15, 0.2) is 27.3 Å². The summed E-state index contributed by atoms with van der Waals surface area (Å²) in [6.07, 6.45) is 1.19. The first-order chi connectivity index (χ1) is 6.61. The average molecular weight is 275 g/mol. The molecule has 0 aliphatic carbocycles. The van der Waals surface area contributed by atoms with E-state index in [9.17, 15) is 4.79 Å². The van der Waals surface area contributed by atoms with Gasteiger partial charge in [0, 0.05) is 9.86 Å². The van der Waals surface area contributed by atoms with E-state index in [1.165, 1.54) is 6.26 Å². The maximum Gasteiger partial charge on any atom is 0.339 e. The van der Waals surface area contributed by atoms with E-state index in [1.54, 1.807) is 12.1 Å². The maximum absolute atomic E-state index is 10.8. The highest BCUT2D eigenvalue weighted by Crippen LogP contribution is 2.33. The van der Waals surface area contributed by atoms with Gasteiger partial charge in [-0.2, -0.15) is 0 Å². The van der Waals surface area contributed by atoms with Crippen LogP contribution in [0.2, 0.25) is 5.02 Å². The summed E-state index contributed by atoms with van der Waals surface area (Å²) in [4.78, 5) is 10.8. The number of hydrogen-bond donors (Lipinski definition) is 1. The summed E-state index contributed by atoms with van der Waals surface area (Å²) in [5, 5.41) is 9.71. The summed E-state index contributed by atoms with van der Waals surface area (Å²) in [5.41, 5.74) is 0.507. The van der Waals surface area contributed by atoms with Crippen molar-refractivity contribution in [2.24, 2.45) is 0 Å². The summed E-state index contributed by atoms with van der Waals surface area (Å²) in [7, 11) is 0. The van der Waals surface area contributed by atoms with Crippen molar-refractivity contribution >= 4 is 44.5 Å². The zero-order chi connectivity index (χ0) is 10.3. The minimum atomic E-state index is -1.03. The van der Waals surface area contributed by atoms with Crippen LogP contribution in [0.25, 0.3) is 11.0 Å². The molecule has 0 aliphatic heterocycles. The Labute approximate surface area is 92.4 Å². The molecule has 0 saturated carbocycles. The van der Waals surface area contributed by atoms with E-state index in [2.05, 4.69) is 15.9 Å². The molecule has 1 heterocycles.